The summed E-state index contributed by atoms with van der Waals surface area (Å²) in [7, 11) is 0. The second-order valence-electron chi connectivity index (χ2n) is 5.43. The van der Waals surface area contributed by atoms with E-state index in [1.807, 2.05) is 0 Å². The highest BCUT2D eigenvalue weighted by Gasteiger charge is 2.26. The van der Waals surface area contributed by atoms with Crippen molar-refractivity contribution >= 4 is 5.91 Å². The Morgan fingerprint density at radius 1 is 1.30 bits per heavy atom. The van der Waals surface area contributed by atoms with Crippen LogP contribution >= 0.6 is 0 Å². The molecule has 110 valence electrons. The number of aliphatic hydroxyl groups excluding tert-OH is 1. The Labute approximate surface area is 119 Å². The number of phenols is 1. The van der Waals surface area contributed by atoms with Crippen molar-refractivity contribution in [2.24, 2.45) is 11.7 Å². The number of benzene rings is 1. The van der Waals surface area contributed by atoms with Gasteiger partial charge in [0.2, 0.25) is 5.91 Å². The first kappa shape index (κ1) is 14.8. The second-order valence-corrected chi connectivity index (χ2v) is 5.43. The van der Waals surface area contributed by atoms with Crippen LogP contribution in [0.1, 0.15) is 18.4 Å². The first-order chi connectivity index (χ1) is 9.60. The lowest BCUT2D eigenvalue weighted by Crippen LogP contribution is -2.48. The minimum Gasteiger partial charge on any atom is -0.508 e. The summed E-state index contributed by atoms with van der Waals surface area (Å²) in [5, 5.41) is 18.3. The Morgan fingerprint density at radius 3 is 2.45 bits per heavy atom. The van der Waals surface area contributed by atoms with E-state index in [-0.39, 0.29) is 18.3 Å². The molecule has 1 atom stereocenters. The number of carbonyl (C=O) groups is 1. The summed E-state index contributed by atoms with van der Waals surface area (Å²) in [6.45, 7) is 1.54. The maximum absolute atomic E-state index is 12.3. The number of phenolic OH excluding ortho intramolecular Hbond substituents is 1. The number of aliphatic hydroxyl groups is 1. The van der Waals surface area contributed by atoms with Gasteiger partial charge in [-0.25, -0.2) is 0 Å². The summed E-state index contributed by atoms with van der Waals surface area (Å²) in [5.74, 6) is 0.488. The van der Waals surface area contributed by atoms with E-state index in [1.165, 1.54) is 0 Å². The van der Waals surface area contributed by atoms with E-state index >= 15 is 0 Å². The fraction of sp³-hybridized carbons (Fsp3) is 0.533. The van der Waals surface area contributed by atoms with Crippen LogP contribution in [0.3, 0.4) is 0 Å². The van der Waals surface area contributed by atoms with E-state index in [1.54, 1.807) is 29.2 Å². The molecule has 0 unspecified atom stereocenters. The Hall–Kier alpha value is -1.59. The molecule has 1 fully saturated rings. The van der Waals surface area contributed by atoms with E-state index in [9.17, 15) is 9.90 Å². The van der Waals surface area contributed by atoms with Gasteiger partial charge in [0.25, 0.3) is 0 Å². The molecular formula is C15H22N2O3. The van der Waals surface area contributed by atoms with Crippen molar-refractivity contribution in [3.8, 4) is 5.75 Å². The Morgan fingerprint density at radius 2 is 1.90 bits per heavy atom. The normalized spacial score (nSPS) is 18.0. The van der Waals surface area contributed by atoms with Crippen LogP contribution in [-0.2, 0) is 11.2 Å². The van der Waals surface area contributed by atoms with Crippen molar-refractivity contribution in [1.82, 2.24) is 4.90 Å². The fourth-order valence-electron chi connectivity index (χ4n) is 2.54. The molecule has 1 aliphatic heterocycles. The lowest BCUT2D eigenvalue weighted by Gasteiger charge is -2.32. The smallest absolute Gasteiger partial charge is 0.239 e. The molecule has 1 aromatic rings. The summed E-state index contributed by atoms with van der Waals surface area (Å²) >= 11 is 0. The zero-order chi connectivity index (χ0) is 14.5. The Balaban J connectivity index is 1.87. The quantitative estimate of drug-likeness (QED) is 0.748. The number of hydrogen-bond donors (Lipinski definition) is 3. The van der Waals surface area contributed by atoms with Crippen LogP contribution in [-0.4, -0.2) is 46.8 Å². The molecule has 1 aromatic carbocycles. The van der Waals surface area contributed by atoms with Crippen LogP contribution < -0.4 is 5.73 Å². The summed E-state index contributed by atoms with van der Waals surface area (Å²) in [6, 6.07) is 6.20. The van der Waals surface area contributed by atoms with Gasteiger partial charge < -0.3 is 20.8 Å². The van der Waals surface area contributed by atoms with E-state index in [0.717, 1.165) is 18.4 Å². The number of nitrogens with two attached hydrogens (primary N) is 1. The van der Waals surface area contributed by atoms with E-state index in [0.29, 0.717) is 25.4 Å². The van der Waals surface area contributed by atoms with Crippen molar-refractivity contribution in [3.05, 3.63) is 29.8 Å². The van der Waals surface area contributed by atoms with Gasteiger partial charge in [0, 0.05) is 19.7 Å². The predicted molar refractivity (Wildman–Crippen MR) is 76.2 cm³/mol. The third-order valence-corrected chi connectivity index (χ3v) is 3.89. The zero-order valence-corrected chi connectivity index (χ0v) is 11.5. The minimum absolute atomic E-state index is 0.0329. The summed E-state index contributed by atoms with van der Waals surface area (Å²) in [5.41, 5.74) is 6.92. The molecule has 0 saturated carbocycles. The Kier molecular flexibility index (Phi) is 4.98. The lowest BCUT2D eigenvalue weighted by molar-refractivity contribution is -0.134. The highest BCUT2D eigenvalue weighted by Crippen LogP contribution is 2.18. The first-order valence-electron chi connectivity index (χ1n) is 7.03. The molecule has 4 N–H and O–H groups in total. The van der Waals surface area contributed by atoms with Gasteiger partial charge in [-0.05, 0) is 42.9 Å². The molecule has 0 aromatic heterocycles. The standard InChI is InChI=1S/C15H22N2O3/c16-14(9-11-1-3-13(19)4-2-11)15(20)17-7-5-12(10-18)6-8-17/h1-4,12,14,18-19H,5-10,16H2/t14-/m0/s1. The number of amides is 1. The largest absolute Gasteiger partial charge is 0.508 e. The van der Waals surface area contributed by atoms with Crippen LogP contribution in [0.25, 0.3) is 0 Å². The molecule has 5 heteroatoms. The van der Waals surface area contributed by atoms with E-state index in [4.69, 9.17) is 10.8 Å². The third-order valence-electron chi connectivity index (χ3n) is 3.89. The number of aromatic hydroxyl groups is 1. The topological polar surface area (TPSA) is 86.8 Å². The predicted octanol–water partition coefficient (Wildman–Crippen LogP) is 0.493. The average molecular weight is 278 g/mol. The van der Waals surface area contributed by atoms with Crippen molar-refractivity contribution < 1.29 is 15.0 Å². The van der Waals surface area contributed by atoms with Gasteiger partial charge in [-0.3, -0.25) is 4.79 Å². The number of likely N-dealkylation sites (tertiary alicyclic amines) is 1. The van der Waals surface area contributed by atoms with Crippen LogP contribution in [0.5, 0.6) is 5.75 Å². The highest BCUT2D eigenvalue weighted by atomic mass is 16.3. The van der Waals surface area contributed by atoms with Gasteiger partial charge in [0.1, 0.15) is 5.75 Å². The maximum Gasteiger partial charge on any atom is 0.239 e. The number of rotatable bonds is 4. The van der Waals surface area contributed by atoms with Gasteiger partial charge >= 0.3 is 0 Å². The fourth-order valence-corrected chi connectivity index (χ4v) is 2.54. The van der Waals surface area contributed by atoms with Crippen molar-refractivity contribution in [2.75, 3.05) is 19.7 Å². The van der Waals surface area contributed by atoms with Crippen molar-refractivity contribution in [1.29, 1.82) is 0 Å². The SMILES string of the molecule is N[C@@H](Cc1ccc(O)cc1)C(=O)N1CCC(CO)CC1. The van der Waals surface area contributed by atoms with Crippen LogP contribution in [0.15, 0.2) is 24.3 Å². The highest BCUT2D eigenvalue weighted by molar-refractivity contribution is 5.82. The van der Waals surface area contributed by atoms with Gasteiger partial charge in [0.15, 0.2) is 0 Å². The van der Waals surface area contributed by atoms with Gasteiger partial charge in [-0.1, -0.05) is 12.1 Å². The number of carbonyl (C=O) groups excluding carboxylic acids is 1. The molecule has 0 aliphatic carbocycles. The Bertz CT molecular complexity index is 439. The average Bonchev–Trinajstić information content (AvgIpc) is 2.49. The zero-order valence-electron chi connectivity index (χ0n) is 11.5. The van der Waals surface area contributed by atoms with Crippen molar-refractivity contribution in [3.63, 3.8) is 0 Å². The van der Waals surface area contributed by atoms with Gasteiger partial charge in [-0.2, -0.15) is 0 Å². The summed E-state index contributed by atoms with van der Waals surface area (Å²) < 4.78 is 0. The molecule has 20 heavy (non-hydrogen) atoms. The molecule has 2 rings (SSSR count). The van der Waals surface area contributed by atoms with Crippen molar-refractivity contribution in [2.45, 2.75) is 25.3 Å². The summed E-state index contributed by atoms with van der Waals surface area (Å²) in [4.78, 5) is 14.0. The molecular weight excluding hydrogens is 256 g/mol. The molecule has 5 nitrogen and oxygen atoms in total. The second kappa shape index (κ2) is 6.72. The molecule has 0 radical (unpaired) electrons. The first-order valence-corrected chi connectivity index (χ1v) is 7.03. The van der Waals surface area contributed by atoms with Crippen LogP contribution in [0.4, 0.5) is 0 Å². The number of piperidine rings is 1. The molecule has 0 spiro atoms. The molecule has 1 amide bonds. The summed E-state index contributed by atoms with van der Waals surface area (Å²) in [6.07, 6.45) is 2.15. The minimum atomic E-state index is -0.551. The maximum atomic E-state index is 12.3. The molecule has 1 aliphatic rings. The van der Waals surface area contributed by atoms with Gasteiger partial charge in [-0.15, -0.1) is 0 Å². The van der Waals surface area contributed by atoms with Crippen LogP contribution in [0.2, 0.25) is 0 Å². The van der Waals surface area contributed by atoms with E-state index < -0.39 is 6.04 Å². The molecule has 1 heterocycles. The number of hydrogen-bond acceptors (Lipinski definition) is 4. The van der Waals surface area contributed by atoms with Crippen LogP contribution in [0, 0.1) is 5.92 Å². The molecule has 1 saturated heterocycles. The monoisotopic (exact) mass is 278 g/mol. The van der Waals surface area contributed by atoms with Gasteiger partial charge in [0.05, 0.1) is 6.04 Å². The lowest BCUT2D eigenvalue weighted by atomic mass is 9.96. The number of nitrogens with zero attached hydrogens (tertiary/aromatic N) is 1. The van der Waals surface area contributed by atoms with E-state index in [2.05, 4.69) is 0 Å². The molecule has 0 bridgehead atoms. The third kappa shape index (κ3) is 3.71.